The minimum atomic E-state index is 0.292. The maximum atomic E-state index is 8.55. The minimum Gasteiger partial charge on any atom is -0.396 e. The van der Waals surface area contributed by atoms with Crippen LogP contribution in [-0.2, 0) is 0 Å². The average Bonchev–Trinajstić information content (AvgIpc) is 2.19. The van der Waals surface area contributed by atoms with E-state index in [9.17, 15) is 0 Å². The summed E-state index contributed by atoms with van der Waals surface area (Å²) >= 11 is 3.67. The fourth-order valence-corrected chi connectivity index (χ4v) is 2.63. The summed E-state index contributed by atoms with van der Waals surface area (Å²) in [5.74, 6) is 3.09. The van der Waals surface area contributed by atoms with E-state index in [0.717, 1.165) is 17.3 Å². The molecule has 0 spiro atoms. The van der Waals surface area contributed by atoms with Crippen LogP contribution in [0.5, 0.6) is 0 Å². The average molecular weight is 214 g/mol. The highest BCUT2D eigenvalue weighted by Gasteiger charge is 1.92. The fraction of sp³-hybridized carbons (Fsp3) is 0.400. The highest BCUT2D eigenvalue weighted by atomic mass is 32.2. The second kappa shape index (κ2) is 7.30. The highest BCUT2D eigenvalue weighted by molar-refractivity contribution is 8.02. The lowest BCUT2D eigenvalue weighted by Crippen LogP contribution is -1.90. The van der Waals surface area contributed by atoms with Gasteiger partial charge in [-0.3, -0.25) is 0 Å². The van der Waals surface area contributed by atoms with Crippen molar-refractivity contribution in [1.82, 2.24) is 0 Å². The Hall–Kier alpha value is -0.120. The Morgan fingerprint density at radius 2 is 1.77 bits per heavy atom. The third-order valence-electron chi connectivity index (χ3n) is 1.48. The second-order valence-electron chi connectivity index (χ2n) is 2.50. The second-order valence-corrected chi connectivity index (χ2v) is 4.89. The first kappa shape index (κ1) is 11.0. The molecule has 0 aliphatic rings. The number of aliphatic hydroxyl groups excluding tert-OH is 1. The number of hydrogen-bond donors (Lipinski definition) is 1. The van der Waals surface area contributed by atoms with Crippen LogP contribution in [0.4, 0.5) is 0 Å². The van der Waals surface area contributed by atoms with Gasteiger partial charge >= 0.3 is 0 Å². The van der Waals surface area contributed by atoms with E-state index in [1.165, 1.54) is 4.90 Å². The number of aliphatic hydroxyl groups is 1. The lowest BCUT2D eigenvalue weighted by molar-refractivity contribution is 0.322. The minimum absolute atomic E-state index is 0.292. The smallest absolute Gasteiger partial charge is 0.0521 e. The molecule has 1 rings (SSSR count). The molecule has 0 amide bonds. The number of thioether (sulfide) groups is 2. The van der Waals surface area contributed by atoms with Crippen LogP contribution < -0.4 is 0 Å². The topological polar surface area (TPSA) is 20.2 Å². The molecule has 1 N–H and O–H groups in total. The van der Waals surface area contributed by atoms with E-state index >= 15 is 0 Å². The van der Waals surface area contributed by atoms with Crippen LogP contribution >= 0.6 is 23.5 Å². The fourth-order valence-electron chi connectivity index (χ4n) is 0.902. The van der Waals surface area contributed by atoms with Crippen LogP contribution in [0, 0.1) is 0 Å². The van der Waals surface area contributed by atoms with Crippen LogP contribution in [-0.4, -0.2) is 29.0 Å². The summed E-state index contributed by atoms with van der Waals surface area (Å²) in [6.45, 7) is 0.292. The zero-order valence-electron chi connectivity index (χ0n) is 7.48. The molecular weight excluding hydrogens is 200 g/mol. The molecule has 0 fully saturated rings. The third-order valence-corrected chi connectivity index (χ3v) is 3.71. The van der Waals surface area contributed by atoms with E-state index in [0.29, 0.717) is 6.61 Å². The zero-order valence-corrected chi connectivity index (χ0v) is 9.11. The first-order chi connectivity index (χ1) is 6.43. The van der Waals surface area contributed by atoms with Crippen molar-refractivity contribution in [3.8, 4) is 0 Å². The van der Waals surface area contributed by atoms with Crippen molar-refractivity contribution in [2.24, 2.45) is 0 Å². The van der Waals surface area contributed by atoms with Crippen LogP contribution in [0.25, 0.3) is 0 Å². The third kappa shape index (κ3) is 5.24. The van der Waals surface area contributed by atoms with Gasteiger partial charge in [0.05, 0.1) is 6.61 Å². The molecule has 0 saturated heterocycles. The summed E-state index contributed by atoms with van der Waals surface area (Å²) in [6.07, 6.45) is 0. The molecule has 0 radical (unpaired) electrons. The van der Waals surface area contributed by atoms with E-state index < -0.39 is 0 Å². The summed E-state index contributed by atoms with van der Waals surface area (Å²) in [6, 6.07) is 10.4. The van der Waals surface area contributed by atoms with Crippen molar-refractivity contribution in [2.75, 3.05) is 23.9 Å². The summed E-state index contributed by atoms with van der Waals surface area (Å²) < 4.78 is 0. The standard InChI is InChI=1S/C10H14OS2/c11-6-7-12-8-9-13-10-4-2-1-3-5-10/h1-5,11H,6-9H2. The molecule has 0 atom stereocenters. The van der Waals surface area contributed by atoms with Crippen molar-refractivity contribution in [1.29, 1.82) is 0 Å². The molecule has 3 heteroatoms. The van der Waals surface area contributed by atoms with Gasteiger partial charge in [0.25, 0.3) is 0 Å². The van der Waals surface area contributed by atoms with Gasteiger partial charge in [-0.1, -0.05) is 18.2 Å². The Labute approximate surface area is 87.9 Å². The first-order valence-corrected chi connectivity index (χ1v) is 6.44. The molecule has 0 unspecified atom stereocenters. The quantitative estimate of drug-likeness (QED) is 0.580. The van der Waals surface area contributed by atoms with E-state index in [1.807, 2.05) is 17.8 Å². The Kier molecular flexibility index (Phi) is 6.15. The Morgan fingerprint density at radius 3 is 2.46 bits per heavy atom. The van der Waals surface area contributed by atoms with Crippen molar-refractivity contribution < 1.29 is 5.11 Å². The van der Waals surface area contributed by atoms with Gasteiger partial charge < -0.3 is 5.11 Å². The molecule has 0 aromatic heterocycles. The SMILES string of the molecule is OCCSCCSc1ccccc1. The number of rotatable bonds is 6. The predicted molar refractivity (Wildman–Crippen MR) is 61.6 cm³/mol. The maximum Gasteiger partial charge on any atom is 0.0521 e. The van der Waals surface area contributed by atoms with Gasteiger partial charge in [0.1, 0.15) is 0 Å². The van der Waals surface area contributed by atoms with Gasteiger partial charge in [0, 0.05) is 22.2 Å². The largest absolute Gasteiger partial charge is 0.396 e. The predicted octanol–water partition coefficient (Wildman–Crippen LogP) is 2.50. The Morgan fingerprint density at radius 1 is 1.00 bits per heavy atom. The molecule has 0 aliphatic heterocycles. The molecule has 0 bridgehead atoms. The highest BCUT2D eigenvalue weighted by Crippen LogP contribution is 2.18. The van der Waals surface area contributed by atoms with Crippen LogP contribution in [0.2, 0.25) is 0 Å². The summed E-state index contributed by atoms with van der Waals surface area (Å²) in [4.78, 5) is 1.33. The lowest BCUT2D eigenvalue weighted by atomic mass is 10.4. The lowest BCUT2D eigenvalue weighted by Gasteiger charge is -2.00. The zero-order chi connectivity index (χ0) is 9.36. The van der Waals surface area contributed by atoms with Gasteiger partial charge in [0.15, 0.2) is 0 Å². The van der Waals surface area contributed by atoms with Gasteiger partial charge in [-0.25, -0.2) is 0 Å². The number of hydrogen-bond acceptors (Lipinski definition) is 3. The van der Waals surface area contributed by atoms with Gasteiger partial charge in [-0.05, 0) is 12.1 Å². The van der Waals surface area contributed by atoms with Crippen molar-refractivity contribution in [3.05, 3.63) is 30.3 Å². The molecule has 72 valence electrons. The molecule has 1 aromatic carbocycles. The Balaban J connectivity index is 2.07. The molecule has 0 heterocycles. The Bertz CT molecular complexity index is 213. The molecule has 0 aliphatic carbocycles. The summed E-state index contributed by atoms with van der Waals surface area (Å²) in [5.41, 5.74) is 0. The molecule has 1 nitrogen and oxygen atoms in total. The molecule has 1 aromatic rings. The van der Waals surface area contributed by atoms with E-state index in [1.54, 1.807) is 11.8 Å². The monoisotopic (exact) mass is 214 g/mol. The first-order valence-electron chi connectivity index (χ1n) is 4.30. The summed E-state index contributed by atoms with van der Waals surface area (Å²) in [7, 11) is 0. The summed E-state index contributed by atoms with van der Waals surface area (Å²) in [5, 5.41) is 8.55. The normalized spacial score (nSPS) is 10.2. The van der Waals surface area contributed by atoms with Crippen molar-refractivity contribution >= 4 is 23.5 Å². The van der Waals surface area contributed by atoms with Gasteiger partial charge in [-0.15, -0.1) is 11.8 Å². The molecular formula is C10H14OS2. The van der Waals surface area contributed by atoms with Gasteiger partial charge in [0.2, 0.25) is 0 Å². The van der Waals surface area contributed by atoms with Crippen molar-refractivity contribution in [2.45, 2.75) is 4.90 Å². The van der Waals surface area contributed by atoms with E-state index in [4.69, 9.17) is 5.11 Å². The van der Waals surface area contributed by atoms with E-state index in [2.05, 4.69) is 24.3 Å². The van der Waals surface area contributed by atoms with Crippen LogP contribution in [0.1, 0.15) is 0 Å². The van der Waals surface area contributed by atoms with Gasteiger partial charge in [-0.2, -0.15) is 11.8 Å². The van der Waals surface area contributed by atoms with Crippen molar-refractivity contribution in [3.63, 3.8) is 0 Å². The molecule has 13 heavy (non-hydrogen) atoms. The van der Waals surface area contributed by atoms with E-state index in [-0.39, 0.29) is 0 Å². The number of benzene rings is 1. The van der Waals surface area contributed by atoms with Crippen LogP contribution in [0.15, 0.2) is 35.2 Å². The molecule has 0 saturated carbocycles. The van der Waals surface area contributed by atoms with Crippen LogP contribution in [0.3, 0.4) is 0 Å². The maximum absolute atomic E-state index is 8.55.